The van der Waals surface area contributed by atoms with E-state index in [9.17, 15) is 19.1 Å². The molecule has 1 N–H and O–H groups in total. The van der Waals surface area contributed by atoms with Crippen LogP contribution in [0, 0.1) is 5.82 Å². The van der Waals surface area contributed by atoms with Gasteiger partial charge in [-0.05, 0) is 37.3 Å². The van der Waals surface area contributed by atoms with E-state index in [-0.39, 0.29) is 11.1 Å². The number of anilines is 1. The maximum atomic E-state index is 14.3. The summed E-state index contributed by atoms with van der Waals surface area (Å²) in [5.74, 6) is -2.39. The molecule has 1 unspecified atom stereocenters. The molecule has 0 radical (unpaired) electrons. The quantitative estimate of drug-likeness (QED) is 0.860. The predicted octanol–water partition coefficient (Wildman–Crippen LogP) is 4.08. The molecule has 0 saturated carbocycles. The summed E-state index contributed by atoms with van der Waals surface area (Å²) in [6.45, 7) is 1.25. The van der Waals surface area contributed by atoms with Gasteiger partial charge in [0.2, 0.25) is 0 Å². The van der Waals surface area contributed by atoms with Gasteiger partial charge in [-0.3, -0.25) is 14.5 Å². The molecular formula is C18H13BrFNO3. The molecule has 1 aliphatic rings. The molecule has 4 nitrogen and oxygen atoms in total. The van der Waals surface area contributed by atoms with Crippen LogP contribution < -0.4 is 4.90 Å². The number of Topliss-reactive ketones (excluding diaryl/α,β-unsaturated/α-hetero) is 1. The zero-order valence-corrected chi connectivity index (χ0v) is 14.2. The topological polar surface area (TPSA) is 57.6 Å². The van der Waals surface area contributed by atoms with Gasteiger partial charge in [0.05, 0.1) is 11.6 Å². The lowest BCUT2D eigenvalue weighted by Crippen LogP contribution is -2.31. The number of aliphatic hydroxyl groups excluding tert-OH is 1. The Kier molecular flexibility index (Phi) is 4.24. The zero-order chi connectivity index (χ0) is 17.4. The van der Waals surface area contributed by atoms with Gasteiger partial charge in [-0.1, -0.05) is 34.1 Å². The van der Waals surface area contributed by atoms with Crippen LogP contribution in [0.3, 0.4) is 0 Å². The van der Waals surface area contributed by atoms with Crippen molar-refractivity contribution < 1.29 is 19.1 Å². The Bertz CT molecular complexity index is 861. The number of nitrogens with zero attached hydrogens (tertiary/aromatic N) is 1. The number of carbonyl (C=O) groups excluding carboxylic acids is 2. The van der Waals surface area contributed by atoms with Crippen molar-refractivity contribution in [3.8, 4) is 0 Å². The number of benzene rings is 2. The molecule has 24 heavy (non-hydrogen) atoms. The van der Waals surface area contributed by atoms with E-state index in [0.29, 0.717) is 5.69 Å². The van der Waals surface area contributed by atoms with Crippen molar-refractivity contribution >= 4 is 33.3 Å². The van der Waals surface area contributed by atoms with Crippen LogP contribution in [-0.2, 0) is 9.59 Å². The lowest BCUT2D eigenvalue weighted by molar-refractivity contribution is -0.117. The Labute approximate surface area is 146 Å². The molecule has 0 aliphatic carbocycles. The van der Waals surface area contributed by atoms with E-state index in [2.05, 4.69) is 15.9 Å². The molecule has 0 spiro atoms. The molecule has 1 aliphatic heterocycles. The van der Waals surface area contributed by atoms with Gasteiger partial charge in [0.15, 0.2) is 11.5 Å². The number of halogens is 2. The molecule has 2 aromatic carbocycles. The summed E-state index contributed by atoms with van der Waals surface area (Å²) in [4.78, 5) is 25.8. The second-order valence-electron chi connectivity index (χ2n) is 5.39. The average Bonchev–Trinajstić information content (AvgIpc) is 2.81. The Balaban J connectivity index is 2.21. The largest absolute Gasteiger partial charge is 0.503 e. The van der Waals surface area contributed by atoms with Crippen molar-refractivity contribution in [1.29, 1.82) is 0 Å². The zero-order valence-electron chi connectivity index (χ0n) is 12.7. The summed E-state index contributed by atoms with van der Waals surface area (Å²) >= 11 is 3.31. The first kappa shape index (κ1) is 16.4. The summed E-state index contributed by atoms with van der Waals surface area (Å²) in [6.07, 6.45) is 0. The standard InChI is InChI=1S/C18H13BrFNO3/c1-10(22)15-16(13-4-2-3-5-14(13)20)21(18(24)17(15)23)12-8-6-11(19)7-9-12/h2-9,16,23H,1H3. The first-order chi connectivity index (χ1) is 11.4. The number of amides is 1. The minimum atomic E-state index is -1.00. The Morgan fingerprint density at radius 2 is 1.79 bits per heavy atom. The van der Waals surface area contributed by atoms with Crippen LogP contribution in [0.2, 0.25) is 0 Å². The van der Waals surface area contributed by atoms with E-state index < -0.39 is 29.3 Å². The molecule has 3 rings (SSSR count). The molecule has 0 saturated heterocycles. The Morgan fingerprint density at radius 3 is 2.38 bits per heavy atom. The molecule has 6 heteroatoms. The maximum absolute atomic E-state index is 14.3. The summed E-state index contributed by atoms with van der Waals surface area (Å²) in [7, 11) is 0. The van der Waals surface area contributed by atoms with Gasteiger partial charge in [-0.25, -0.2) is 4.39 Å². The molecule has 1 atom stereocenters. The molecule has 0 bridgehead atoms. The van der Waals surface area contributed by atoms with Crippen LogP contribution in [0.1, 0.15) is 18.5 Å². The van der Waals surface area contributed by atoms with Gasteiger partial charge in [-0.2, -0.15) is 0 Å². The van der Waals surface area contributed by atoms with Crippen molar-refractivity contribution in [3.05, 3.63) is 75.7 Å². The van der Waals surface area contributed by atoms with Gasteiger partial charge in [0.25, 0.3) is 5.91 Å². The molecule has 0 fully saturated rings. The summed E-state index contributed by atoms with van der Waals surface area (Å²) in [5, 5.41) is 10.2. The lowest BCUT2D eigenvalue weighted by Gasteiger charge is -2.27. The normalized spacial score (nSPS) is 17.5. The van der Waals surface area contributed by atoms with Crippen molar-refractivity contribution in [3.63, 3.8) is 0 Å². The smallest absolute Gasteiger partial charge is 0.294 e. The van der Waals surface area contributed by atoms with Gasteiger partial charge in [-0.15, -0.1) is 0 Å². The first-order valence-electron chi connectivity index (χ1n) is 7.19. The second kappa shape index (κ2) is 6.20. The average molecular weight is 390 g/mol. The lowest BCUT2D eigenvalue weighted by atomic mass is 9.96. The molecule has 2 aromatic rings. The summed E-state index contributed by atoms with van der Waals surface area (Å²) < 4.78 is 15.1. The maximum Gasteiger partial charge on any atom is 0.294 e. The first-order valence-corrected chi connectivity index (χ1v) is 7.98. The van der Waals surface area contributed by atoms with Crippen LogP contribution in [0.15, 0.2) is 64.3 Å². The van der Waals surface area contributed by atoms with Crippen molar-refractivity contribution in [1.82, 2.24) is 0 Å². The van der Waals surface area contributed by atoms with Crippen LogP contribution in [0.25, 0.3) is 0 Å². The second-order valence-corrected chi connectivity index (χ2v) is 6.31. The van der Waals surface area contributed by atoms with Crippen molar-refractivity contribution in [2.24, 2.45) is 0 Å². The SMILES string of the molecule is CC(=O)C1=C(O)C(=O)N(c2ccc(Br)cc2)C1c1ccccc1F. The number of hydrogen-bond donors (Lipinski definition) is 1. The predicted molar refractivity (Wildman–Crippen MR) is 91.1 cm³/mol. The van der Waals surface area contributed by atoms with Gasteiger partial charge >= 0.3 is 0 Å². The van der Waals surface area contributed by atoms with E-state index in [1.165, 1.54) is 30.0 Å². The van der Waals surface area contributed by atoms with E-state index >= 15 is 0 Å². The minimum absolute atomic E-state index is 0.104. The van der Waals surface area contributed by atoms with Crippen molar-refractivity contribution in [2.45, 2.75) is 13.0 Å². The summed E-state index contributed by atoms with van der Waals surface area (Å²) in [5.41, 5.74) is 0.510. The molecular weight excluding hydrogens is 377 g/mol. The highest BCUT2D eigenvalue weighted by atomic mass is 79.9. The minimum Gasteiger partial charge on any atom is -0.503 e. The molecule has 1 amide bonds. The molecule has 122 valence electrons. The van der Waals surface area contributed by atoms with E-state index in [0.717, 1.165) is 4.47 Å². The van der Waals surface area contributed by atoms with E-state index in [1.807, 2.05) is 0 Å². The summed E-state index contributed by atoms with van der Waals surface area (Å²) in [6, 6.07) is 11.7. The molecule has 0 aromatic heterocycles. The van der Waals surface area contributed by atoms with E-state index in [4.69, 9.17) is 0 Å². The Morgan fingerprint density at radius 1 is 1.17 bits per heavy atom. The van der Waals surface area contributed by atoms with Crippen LogP contribution in [0.4, 0.5) is 10.1 Å². The highest BCUT2D eigenvalue weighted by molar-refractivity contribution is 9.10. The van der Waals surface area contributed by atoms with Crippen LogP contribution >= 0.6 is 15.9 Å². The van der Waals surface area contributed by atoms with Crippen LogP contribution in [0.5, 0.6) is 0 Å². The Hall–Kier alpha value is -2.47. The highest BCUT2D eigenvalue weighted by Crippen LogP contribution is 2.41. The highest BCUT2D eigenvalue weighted by Gasteiger charge is 2.44. The van der Waals surface area contributed by atoms with Crippen LogP contribution in [-0.4, -0.2) is 16.8 Å². The molecule has 1 heterocycles. The number of rotatable bonds is 3. The van der Waals surface area contributed by atoms with Gasteiger partial charge in [0.1, 0.15) is 5.82 Å². The van der Waals surface area contributed by atoms with Gasteiger partial charge in [0, 0.05) is 15.7 Å². The third-order valence-corrected chi connectivity index (χ3v) is 4.42. The number of aliphatic hydroxyl groups is 1. The fourth-order valence-corrected chi connectivity index (χ4v) is 3.09. The fourth-order valence-electron chi connectivity index (χ4n) is 2.82. The third kappa shape index (κ3) is 2.63. The monoisotopic (exact) mass is 389 g/mol. The number of hydrogen-bond acceptors (Lipinski definition) is 3. The number of ketones is 1. The van der Waals surface area contributed by atoms with E-state index in [1.54, 1.807) is 30.3 Å². The van der Waals surface area contributed by atoms with Gasteiger partial charge < -0.3 is 5.11 Å². The number of carbonyl (C=O) groups is 2. The fraction of sp³-hybridized carbons (Fsp3) is 0.111. The van der Waals surface area contributed by atoms with Crippen molar-refractivity contribution in [2.75, 3.05) is 4.90 Å². The third-order valence-electron chi connectivity index (χ3n) is 3.89.